The minimum Gasteiger partial charge on any atom is -0.338 e. The third-order valence-electron chi connectivity index (χ3n) is 3.93. The van der Waals surface area contributed by atoms with Gasteiger partial charge in [-0.25, -0.2) is 0 Å². The molecule has 1 fully saturated rings. The van der Waals surface area contributed by atoms with Crippen LogP contribution in [-0.4, -0.2) is 34.9 Å². The smallest absolute Gasteiger partial charge is 0.269 e. The van der Waals surface area contributed by atoms with Crippen LogP contribution in [-0.2, 0) is 0 Å². The van der Waals surface area contributed by atoms with Crippen LogP contribution >= 0.6 is 0 Å². The summed E-state index contributed by atoms with van der Waals surface area (Å²) in [5.41, 5.74) is 6.51. The number of nitro groups is 1. The summed E-state index contributed by atoms with van der Waals surface area (Å²) in [6.45, 7) is 3.38. The number of hydrogen-bond donors (Lipinski definition) is 1. The number of nitro benzene ring substituents is 1. The Morgan fingerprint density at radius 2 is 2.10 bits per heavy atom. The van der Waals surface area contributed by atoms with Gasteiger partial charge < -0.3 is 10.6 Å². The maximum atomic E-state index is 12.4. The Kier molecular flexibility index (Phi) is 4.34. The first-order valence-electron chi connectivity index (χ1n) is 6.82. The van der Waals surface area contributed by atoms with Crippen LogP contribution in [0.5, 0.6) is 0 Å². The summed E-state index contributed by atoms with van der Waals surface area (Å²) in [4.78, 5) is 24.3. The molecule has 1 aromatic rings. The van der Waals surface area contributed by atoms with Crippen LogP contribution in [0.3, 0.4) is 0 Å². The number of benzene rings is 1. The van der Waals surface area contributed by atoms with Gasteiger partial charge in [-0.1, -0.05) is 13.3 Å². The molecule has 1 aliphatic heterocycles. The van der Waals surface area contributed by atoms with E-state index in [0.29, 0.717) is 24.6 Å². The number of non-ortho nitro benzene ring substituents is 1. The molecule has 6 nitrogen and oxygen atoms in total. The Labute approximate surface area is 117 Å². The van der Waals surface area contributed by atoms with Crippen LogP contribution in [0.25, 0.3) is 0 Å². The number of nitrogens with two attached hydrogens (primary N) is 1. The van der Waals surface area contributed by atoms with E-state index in [4.69, 9.17) is 5.73 Å². The third kappa shape index (κ3) is 2.96. The van der Waals surface area contributed by atoms with E-state index in [2.05, 4.69) is 6.92 Å². The Morgan fingerprint density at radius 3 is 2.65 bits per heavy atom. The SMILES string of the molecule is CCC1CN(C(=O)c2ccc([N+](=O)[O-])cc2)CCC1N. The van der Waals surface area contributed by atoms with E-state index in [9.17, 15) is 14.9 Å². The molecule has 20 heavy (non-hydrogen) atoms. The Morgan fingerprint density at radius 1 is 1.45 bits per heavy atom. The Balaban J connectivity index is 2.09. The van der Waals surface area contributed by atoms with E-state index in [-0.39, 0.29) is 17.6 Å². The molecule has 0 bridgehead atoms. The lowest BCUT2D eigenvalue weighted by molar-refractivity contribution is -0.384. The van der Waals surface area contributed by atoms with Crippen molar-refractivity contribution in [2.45, 2.75) is 25.8 Å². The lowest BCUT2D eigenvalue weighted by Gasteiger charge is -2.36. The first-order chi connectivity index (χ1) is 9.52. The van der Waals surface area contributed by atoms with Crippen molar-refractivity contribution in [2.75, 3.05) is 13.1 Å². The van der Waals surface area contributed by atoms with Gasteiger partial charge in [0.2, 0.25) is 0 Å². The van der Waals surface area contributed by atoms with E-state index in [0.717, 1.165) is 12.8 Å². The van der Waals surface area contributed by atoms with Gasteiger partial charge >= 0.3 is 0 Å². The lowest BCUT2D eigenvalue weighted by atomic mass is 9.90. The largest absolute Gasteiger partial charge is 0.338 e. The number of likely N-dealkylation sites (tertiary alicyclic amines) is 1. The number of amides is 1. The molecule has 2 unspecified atom stereocenters. The highest BCUT2D eigenvalue weighted by atomic mass is 16.6. The highest BCUT2D eigenvalue weighted by Gasteiger charge is 2.28. The van der Waals surface area contributed by atoms with Gasteiger partial charge in [-0.3, -0.25) is 14.9 Å². The fourth-order valence-electron chi connectivity index (χ4n) is 2.57. The van der Waals surface area contributed by atoms with Crippen LogP contribution in [0.1, 0.15) is 30.1 Å². The second-order valence-corrected chi connectivity index (χ2v) is 5.18. The third-order valence-corrected chi connectivity index (χ3v) is 3.93. The Hall–Kier alpha value is -1.95. The summed E-state index contributed by atoms with van der Waals surface area (Å²) in [6.07, 6.45) is 1.75. The molecule has 0 spiro atoms. The molecule has 1 aliphatic rings. The molecule has 0 aliphatic carbocycles. The van der Waals surface area contributed by atoms with Crippen molar-refractivity contribution in [1.29, 1.82) is 0 Å². The van der Waals surface area contributed by atoms with Gasteiger partial charge in [0.15, 0.2) is 0 Å². The van der Waals surface area contributed by atoms with Crippen molar-refractivity contribution in [3.05, 3.63) is 39.9 Å². The van der Waals surface area contributed by atoms with Gasteiger partial charge in [-0.2, -0.15) is 0 Å². The molecule has 6 heteroatoms. The summed E-state index contributed by atoms with van der Waals surface area (Å²) in [5, 5.41) is 10.6. The van der Waals surface area contributed by atoms with E-state index in [1.54, 1.807) is 4.90 Å². The molecule has 2 atom stereocenters. The predicted octanol–water partition coefficient (Wildman–Crippen LogP) is 1.79. The van der Waals surface area contributed by atoms with Crippen molar-refractivity contribution in [2.24, 2.45) is 11.7 Å². The zero-order chi connectivity index (χ0) is 14.7. The molecule has 1 amide bonds. The van der Waals surface area contributed by atoms with Crippen molar-refractivity contribution >= 4 is 11.6 Å². The summed E-state index contributed by atoms with van der Waals surface area (Å²) in [7, 11) is 0. The fraction of sp³-hybridized carbons (Fsp3) is 0.500. The van der Waals surface area contributed by atoms with Gasteiger partial charge in [0, 0.05) is 36.8 Å². The number of nitrogens with zero attached hydrogens (tertiary/aromatic N) is 2. The van der Waals surface area contributed by atoms with Crippen molar-refractivity contribution in [1.82, 2.24) is 4.90 Å². The average Bonchev–Trinajstić information content (AvgIpc) is 2.47. The molecule has 1 heterocycles. The summed E-state index contributed by atoms with van der Waals surface area (Å²) in [6, 6.07) is 5.90. The van der Waals surface area contributed by atoms with Crippen LogP contribution in [0.4, 0.5) is 5.69 Å². The highest BCUT2D eigenvalue weighted by molar-refractivity contribution is 5.94. The summed E-state index contributed by atoms with van der Waals surface area (Å²) >= 11 is 0. The predicted molar refractivity (Wildman–Crippen MR) is 75.4 cm³/mol. The van der Waals surface area contributed by atoms with Gasteiger partial charge in [0.25, 0.3) is 11.6 Å². The molecule has 2 rings (SSSR count). The number of piperidine rings is 1. The molecule has 108 valence electrons. The van der Waals surface area contributed by atoms with E-state index < -0.39 is 4.92 Å². The van der Waals surface area contributed by atoms with Gasteiger partial charge in [0.05, 0.1) is 4.92 Å². The lowest BCUT2D eigenvalue weighted by Crippen LogP contribution is -2.49. The zero-order valence-corrected chi connectivity index (χ0v) is 11.5. The molecule has 1 aromatic carbocycles. The molecule has 2 N–H and O–H groups in total. The van der Waals surface area contributed by atoms with E-state index >= 15 is 0 Å². The first kappa shape index (κ1) is 14.5. The second kappa shape index (κ2) is 6.00. The van der Waals surface area contributed by atoms with Gasteiger partial charge in [-0.15, -0.1) is 0 Å². The monoisotopic (exact) mass is 277 g/mol. The average molecular weight is 277 g/mol. The number of carbonyl (C=O) groups is 1. The first-order valence-corrected chi connectivity index (χ1v) is 6.82. The number of hydrogen-bond acceptors (Lipinski definition) is 4. The molecule has 1 saturated heterocycles. The molecular weight excluding hydrogens is 258 g/mol. The summed E-state index contributed by atoms with van der Waals surface area (Å²) < 4.78 is 0. The minimum atomic E-state index is -0.471. The minimum absolute atomic E-state index is 0.00588. The van der Waals surface area contributed by atoms with Gasteiger partial charge in [0.1, 0.15) is 0 Å². The Bertz CT molecular complexity index is 501. The highest BCUT2D eigenvalue weighted by Crippen LogP contribution is 2.21. The second-order valence-electron chi connectivity index (χ2n) is 5.18. The molecule has 0 radical (unpaired) electrons. The van der Waals surface area contributed by atoms with Crippen LogP contribution in [0.2, 0.25) is 0 Å². The number of rotatable bonds is 3. The van der Waals surface area contributed by atoms with E-state index in [1.807, 2.05) is 0 Å². The van der Waals surface area contributed by atoms with Crippen molar-refractivity contribution in [3.63, 3.8) is 0 Å². The van der Waals surface area contributed by atoms with Gasteiger partial charge in [-0.05, 0) is 24.5 Å². The van der Waals surface area contributed by atoms with E-state index in [1.165, 1.54) is 24.3 Å². The maximum Gasteiger partial charge on any atom is 0.269 e. The van der Waals surface area contributed by atoms with Crippen LogP contribution in [0.15, 0.2) is 24.3 Å². The topological polar surface area (TPSA) is 89.5 Å². The normalized spacial score (nSPS) is 22.6. The molecular formula is C14H19N3O3. The quantitative estimate of drug-likeness (QED) is 0.673. The summed E-state index contributed by atoms with van der Waals surface area (Å²) in [5.74, 6) is 0.246. The van der Waals surface area contributed by atoms with Crippen LogP contribution < -0.4 is 5.73 Å². The fourth-order valence-corrected chi connectivity index (χ4v) is 2.57. The standard InChI is InChI=1S/C14H19N3O3/c1-2-10-9-16(8-7-13(10)15)14(18)11-3-5-12(6-4-11)17(19)20/h3-6,10,13H,2,7-9,15H2,1H3. The molecule has 0 saturated carbocycles. The zero-order valence-electron chi connectivity index (χ0n) is 11.5. The maximum absolute atomic E-state index is 12.4. The van der Waals surface area contributed by atoms with Crippen LogP contribution in [0, 0.1) is 16.0 Å². The van der Waals surface area contributed by atoms with Crippen molar-refractivity contribution in [3.8, 4) is 0 Å². The molecule has 0 aromatic heterocycles. The van der Waals surface area contributed by atoms with Crippen molar-refractivity contribution < 1.29 is 9.72 Å². The number of carbonyl (C=O) groups excluding carboxylic acids is 1.